The minimum atomic E-state index is 0.131. The molecule has 0 unspecified atom stereocenters. The summed E-state index contributed by atoms with van der Waals surface area (Å²) in [6.45, 7) is 0. The Hall–Kier alpha value is -1.17. The topological polar surface area (TPSA) is 50.2 Å². The summed E-state index contributed by atoms with van der Waals surface area (Å²) >= 11 is 1.97. The van der Waals surface area contributed by atoms with Gasteiger partial charge in [-0.15, -0.1) is 0 Å². The molecule has 0 saturated carbocycles. The Morgan fingerprint density at radius 3 is 3.00 bits per heavy atom. The Morgan fingerprint density at radius 2 is 2.29 bits per heavy atom. The van der Waals surface area contributed by atoms with Crippen LogP contribution in [0.2, 0.25) is 0 Å². The standard InChI is InChI=1S/C10H6INO2/c11-8-4-6(5-13)7-2-1-3-12-9(7)10(8)14/h1-5,14H. The van der Waals surface area contributed by atoms with Crippen LogP contribution < -0.4 is 0 Å². The van der Waals surface area contributed by atoms with Gasteiger partial charge < -0.3 is 5.11 Å². The average molecular weight is 299 g/mol. The van der Waals surface area contributed by atoms with Crippen molar-refractivity contribution in [1.82, 2.24) is 4.98 Å². The molecule has 70 valence electrons. The van der Waals surface area contributed by atoms with E-state index in [2.05, 4.69) is 4.98 Å². The van der Waals surface area contributed by atoms with Crippen LogP contribution in [0.25, 0.3) is 10.9 Å². The molecule has 14 heavy (non-hydrogen) atoms. The molecular formula is C10H6INO2. The van der Waals surface area contributed by atoms with Gasteiger partial charge in [-0.05, 0) is 34.7 Å². The van der Waals surface area contributed by atoms with E-state index < -0.39 is 0 Å². The fourth-order valence-corrected chi connectivity index (χ4v) is 1.91. The maximum Gasteiger partial charge on any atom is 0.155 e. The van der Waals surface area contributed by atoms with E-state index in [0.29, 0.717) is 20.0 Å². The Bertz CT molecular complexity index is 511. The third kappa shape index (κ3) is 1.35. The highest BCUT2D eigenvalue weighted by atomic mass is 127. The summed E-state index contributed by atoms with van der Waals surface area (Å²) in [5.41, 5.74) is 1.02. The van der Waals surface area contributed by atoms with Gasteiger partial charge in [-0.2, -0.15) is 0 Å². The molecule has 0 saturated heterocycles. The minimum Gasteiger partial charge on any atom is -0.505 e. The number of pyridine rings is 1. The summed E-state index contributed by atoms with van der Waals surface area (Å²) in [4.78, 5) is 14.8. The molecule has 0 amide bonds. The number of phenols is 1. The number of hydrogen-bond acceptors (Lipinski definition) is 3. The molecule has 1 heterocycles. The third-order valence-corrected chi connectivity index (χ3v) is 2.80. The normalized spacial score (nSPS) is 10.4. The highest BCUT2D eigenvalue weighted by Gasteiger charge is 2.09. The predicted octanol–water partition coefficient (Wildman–Crippen LogP) is 2.36. The van der Waals surface area contributed by atoms with Crippen molar-refractivity contribution >= 4 is 39.8 Å². The van der Waals surface area contributed by atoms with Crippen LogP contribution in [0.15, 0.2) is 24.4 Å². The molecule has 0 bridgehead atoms. The summed E-state index contributed by atoms with van der Waals surface area (Å²) in [6.07, 6.45) is 2.36. The number of carbonyl (C=O) groups excluding carboxylic acids is 1. The maximum atomic E-state index is 10.8. The van der Waals surface area contributed by atoms with Crippen LogP contribution in [0.5, 0.6) is 5.75 Å². The second-order valence-corrected chi connectivity index (χ2v) is 3.98. The molecule has 0 fully saturated rings. The van der Waals surface area contributed by atoms with E-state index in [0.717, 1.165) is 6.29 Å². The van der Waals surface area contributed by atoms with Crippen LogP contribution in [0, 0.1) is 3.57 Å². The zero-order valence-electron chi connectivity index (χ0n) is 7.07. The minimum absolute atomic E-state index is 0.131. The molecule has 2 aromatic rings. The quantitative estimate of drug-likeness (QED) is 0.649. The largest absolute Gasteiger partial charge is 0.505 e. The molecule has 0 spiro atoms. The van der Waals surface area contributed by atoms with Crippen LogP contribution >= 0.6 is 22.6 Å². The highest BCUT2D eigenvalue weighted by molar-refractivity contribution is 14.1. The van der Waals surface area contributed by atoms with Crippen LogP contribution in [0.1, 0.15) is 10.4 Å². The van der Waals surface area contributed by atoms with Gasteiger partial charge in [0.15, 0.2) is 12.0 Å². The fourth-order valence-electron chi connectivity index (χ4n) is 1.32. The van der Waals surface area contributed by atoms with Gasteiger partial charge >= 0.3 is 0 Å². The number of aromatic nitrogens is 1. The Balaban J connectivity index is 2.96. The SMILES string of the molecule is O=Cc1cc(I)c(O)c2ncccc12. The van der Waals surface area contributed by atoms with Crippen LogP contribution in [-0.2, 0) is 0 Å². The van der Waals surface area contributed by atoms with Crippen molar-refractivity contribution in [3.8, 4) is 5.75 Å². The van der Waals surface area contributed by atoms with Gasteiger partial charge in [-0.3, -0.25) is 9.78 Å². The smallest absolute Gasteiger partial charge is 0.155 e. The second kappa shape index (κ2) is 3.53. The molecule has 2 rings (SSSR count). The van der Waals surface area contributed by atoms with Gasteiger partial charge in [0, 0.05) is 17.1 Å². The molecule has 0 aliphatic rings. The van der Waals surface area contributed by atoms with Crippen LogP contribution in [0.4, 0.5) is 0 Å². The zero-order valence-corrected chi connectivity index (χ0v) is 9.22. The number of rotatable bonds is 1. The van der Waals surface area contributed by atoms with Gasteiger partial charge in [-0.25, -0.2) is 0 Å². The number of fused-ring (bicyclic) bond motifs is 1. The van der Waals surface area contributed by atoms with E-state index in [1.807, 2.05) is 22.6 Å². The zero-order chi connectivity index (χ0) is 10.1. The number of benzene rings is 1. The lowest BCUT2D eigenvalue weighted by atomic mass is 10.1. The van der Waals surface area contributed by atoms with Crippen molar-refractivity contribution in [2.45, 2.75) is 0 Å². The van der Waals surface area contributed by atoms with Gasteiger partial charge in [-0.1, -0.05) is 6.07 Å². The van der Waals surface area contributed by atoms with Gasteiger partial charge in [0.1, 0.15) is 5.52 Å². The molecule has 0 aliphatic heterocycles. The lowest BCUT2D eigenvalue weighted by Crippen LogP contribution is -1.89. The number of nitrogens with zero attached hydrogens (tertiary/aromatic N) is 1. The van der Waals surface area contributed by atoms with Gasteiger partial charge in [0.2, 0.25) is 0 Å². The molecule has 0 aliphatic carbocycles. The van der Waals surface area contributed by atoms with Crippen LogP contribution in [0.3, 0.4) is 0 Å². The summed E-state index contributed by atoms with van der Waals surface area (Å²) in [7, 11) is 0. The van der Waals surface area contributed by atoms with Crippen molar-refractivity contribution in [3.05, 3.63) is 33.5 Å². The predicted molar refractivity (Wildman–Crippen MR) is 61.5 cm³/mol. The van der Waals surface area contributed by atoms with E-state index in [9.17, 15) is 9.90 Å². The van der Waals surface area contributed by atoms with Crippen molar-refractivity contribution < 1.29 is 9.90 Å². The maximum absolute atomic E-state index is 10.8. The van der Waals surface area contributed by atoms with Crippen molar-refractivity contribution in [3.63, 3.8) is 0 Å². The number of phenolic OH excluding ortho intramolecular Hbond substituents is 1. The van der Waals surface area contributed by atoms with E-state index in [1.165, 1.54) is 0 Å². The van der Waals surface area contributed by atoms with E-state index in [-0.39, 0.29) is 5.75 Å². The summed E-state index contributed by atoms with van der Waals surface area (Å²) in [6, 6.07) is 5.15. The lowest BCUT2D eigenvalue weighted by Gasteiger charge is -2.04. The first-order valence-electron chi connectivity index (χ1n) is 3.95. The molecule has 1 aromatic carbocycles. The highest BCUT2D eigenvalue weighted by Crippen LogP contribution is 2.30. The molecule has 4 heteroatoms. The lowest BCUT2D eigenvalue weighted by molar-refractivity contribution is 0.112. The Morgan fingerprint density at radius 1 is 1.50 bits per heavy atom. The van der Waals surface area contributed by atoms with E-state index >= 15 is 0 Å². The van der Waals surface area contributed by atoms with Gasteiger partial charge in [0.25, 0.3) is 0 Å². The van der Waals surface area contributed by atoms with Gasteiger partial charge in [0.05, 0.1) is 3.57 Å². The fraction of sp³-hybridized carbons (Fsp3) is 0. The Kier molecular flexibility index (Phi) is 2.37. The van der Waals surface area contributed by atoms with E-state index in [4.69, 9.17) is 0 Å². The first-order valence-corrected chi connectivity index (χ1v) is 5.03. The number of hydrogen-bond donors (Lipinski definition) is 1. The molecule has 1 aromatic heterocycles. The van der Waals surface area contributed by atoms with E-state index in [1.54, 1.807) is 24.4 Å². The summed E-state index contributed by atoms with van der Waals surface area (Å²) in [5, 5.41) is 10.4. The summed E-state index contributed by atoms with van der Waals surface area (Å²) < 4.78 is 0.635. The number of aldehydes is 1. The molecule has 1 N–H and O–H groups in total. The Labute approximate surface area is 93.9 Å². The third-order valence-electron chi connectivity index (χ3n) is 1.98. The monoisotopic (exact) mass is 299 g/mol. The number of carbonyl (C=O) groups is 1. The second-order valence-electron chi connectivity index (χ2n) is 2.81. The van der Waals surface area contributed by atoms with Crippen molar-refractivity contribution in [2.24, 2.45) is 0 Å². The van der Waals surface area contributed by atoms with Crippen molar-refractivity contribution in [1.29, 1.82) is 0 Å². The summed E-state index contributed by atoms with van der Waals surface area (Å²) in [5.74, 6) is 0.131. The molecular weight excluding hydrogens is 293 g/mol. The average Bonchev–Trinajstić information content (AvgIpc) is 2.23. The first kappa shape index (κ1) is 9.39. The molecule has 0 atom stereocenters. The van der Waals surface area contributed by atoms with Crippen LogP contribution in [-0.4, -0.2) is 16.4 Å². The molecule has 0 radical (unpaired) electrons. The number of halogens is 1. The number of aromatic hydroxyl groups is 1. The van der Waals surface area contributed by atoms with Crippen molar-refractivity contribution in [2.75, 3.05) is 0 Å². The first-order chi connectivity index (χ1) is 6.74. The molecule has 3 nitrogen and oxygen atoms in total.